The van der Waals surface area contributed by atoms with E-state index in [-0.39, 0.29) is 19.8 Å². The van der Waals surface area contributed by atoms with E-state index in [1.807, 2.05) is 0 Å². The zero-order chi connectivity index (χ0) is 20.5. The molecule has 8 nitrogen and oxygen atoms in total. The number of aliphatic hydroxyl groups excluding tert-OH is 1. The lowest BCUT2D eigenvalue weighted by Crippen LogP contribution is -2.38. The Hall–Kier alpha value is -1.19. The zero-order valence-corrected chi connectivity index (χ0v) is 17.1. The molecule has 0 aliphatic rings. The average Bonchev–Trinajstić information content (AvgIpc) is 2.61. The lowest BCUT2D eigenvalue weighted by Gasteiger charge is -2.13. The van der Waals surface area contributed by atoms with E-state index in [4.69, 9.17) is 14.4 Å². The summed E-state index contributed by atoms with van der Waals surface area (Å²) in [5, 5.41) is 8.90. The number of ether oxygens (including phenoxy) is 1. The lowest BCUT2D eigenvalue weighted by molar-refractivity contribution is -0.144. The molecule has 0 aliphatic carbocycles. The summed E-state index contributed by atoms with van der Waals surface area (Å²) >= 11 is 0. The molecule has 0 saturated heterocycles. The average molecular weight is 410 g/mol. The molecule has 0 aromatic carbocycles. The number of aliphatic hydroxyl groups is 1. The zero-order valence-electron chi connectivity index (χ0n) is 16.3. The Balaban J connectivity index is 3.96. The standard InChI is InChI=1S/C18H35NO7S/c1-2-3-4-5-6-7-8-9-10-11-14-26-18(22)16(27(23,24)25)15-17(21)19-12-13-20/h16,20H,2-15H2,1H3,(H,19,21)(H,23,24,25). The van der Waals surface area contributed by atoms with Gasteiger partial charge in [-0.2, -0.15) is 8.42 Å². The molecule has 9 heteroatoms. The molecule has 1 atom stereocenters. The first-order chi connectivity index (χ1) is 12.8. The van der Waals surface area contributed by atoms with E-state index in [9.17, 15) is 18.0 Å². The fourth-order valence-electron chi connectivity index (χ4n) is 2.60. The Labute approximate surface area is 162 Å². The molecule has 0 radical (unpaired) electrons. The highest BCUT2D eigenvalue weighted by atomic mass is 32.2. The minimum absolute atomic E-state index is 0.0552. The van der Waals surface area contributed by atoms with Crippen molar-refractivity contribution in [1.29, 1.82) is 0 Å². The Morgan fingerprint density at radius 3 is 1.96 bits per heavy atom. The number of rotatable bonds is 17. The van der Waals surface area contributed by atoms with Crippen LogP contribution in [0.1, 0.15) is 77.6 Å². The molecule has 0 aromatic rings. The third-order valence-electron chi connectivity index (χ3n) is 4.17. The largest absolute Gasteiger partial charge is 0.465 e. The van der Waals surface area contributed by atoms with E-state index in [1.165, 1.54) is 38.5 Å². The van der Waals surface area contributed by atoms with Gasteiger partial charge in [0, 0.05) is 6.54 Å². The Bertz CT molecular complexity index is 508. The SMILES string of the molecule is CCCCCCCCCCCCOC(=O)C(CC(=O)NCCO)S(=O)(=O)O. The smallest absolute Gasteiger partial charge is 0.327 e. The van der Waals surface area contributed by atoms with Gasteiger partial charge in [0.2, 0.25) is 5.91 Å². The van der Waals surface area contributed by atoms with Crippen molar-refractivity contribution in [2.24, 2.45) is 0 Å². The van der Waals surface area contributed by atoms with Crippen molar-refractivity contribution in [3.8, 4) is 0 Å². The van der Waals surface area contributed by atoms with Gasteiger partial charge in [-0.15, -0.1) is 0 Å². The second kappa shape index (κ2) is 15.8. The molecule has 0 rings (SSSR count). The first kappa shape index (κ1) is 25.8. The van der Waals surface area contributed by atoms with Gasteiger partial charge in [-0.1, -0.05) is 64.7 Å². The highest BCUT2D eigenvalue weighted by Gasteiger charge is 2.34. The molecular weight excluding hydrogens is 374 g/mol. The molecular formula is C18H35NO7S. The highest BCUT2D eigenvalue weighted by molar-refractivity contribution is 7.87. The van der Waals surface area contributed by atoms with E-state index >= 15 is 0 Å². The summed E-state index contributed by atoms with van der Waals surface area (Å²) in [4.78, 5) is 23.4. The molecule has 27 heavy (non-hydrogen) atoms. The second-order valence-corrected chi connectivity index (χ2v) is 8.23. The molecule has 0 fully saturated rings. The fraction of sp³-hybridized carbons (Fsp3) is 0.889. The number of amides is 1. The maximum atomic E-state index is 11.9. The van der Waals surface area contributed by atoms with Crippen LogP contribution < -0.4 is 5.32 Å². The quantitative estimate of drug-likeness (QED) is 0.191. The summed E-state index contributed by atoms with van der Waals surface area (Å²) in [5.41, 5.74) is 0. The van der Waals surface area contributed by atoms with E-state index in [2.05, 4.69) is 12.2 Å². The van der Waals surface area contributed by atoms with Crippen molar-refractivity contribution in [3.63, 3.8) is 0 Å². The summed E-state index contributed by atoms with van der Waals surface area (Å²) in [7, 11) is -4.75. The molecule has 0 heterocycles. The normalized spacial score (nSPS) is 12.6. The first-order valence-corrected chi connectivity index (χ1v) is 11.3. The molecule has 0 bridgehead atoms. The van der Waals surface area contributed by atoms with Crippen LogP contribution in [0.2, 0.25) is 0 Å². The Morgan fingerprint density at radius 2 is 1.48 bits per heavy atom. The molecule has 0 saturated carbocycles. The van der Waals surface area contributed by atoms with Crippen molar-refractivity contribution in [2.45, 2.75) is 82.8 Å². The van der Waals surface area contributed by atoms with Crippen LogP contribution in [0.3, 0.4) is 0 Å². The number of carbonyl (C=O) groups is 2. The van der Waals surface area contributed by atoms with Crippen molar-refractivity contribution >= 4 is 22.0 Å². The molecule has 0 aliphatic heterocycles. The Kier molecular flexibility index (Phi) is 15.1. The van der Waals surface area contributed by atoms with Crippen LogP contribution >= 0.6 is 0 Å². The van der Waals surface area contributed by atoms with E-state index in [0.717, 1.165) is 19.3 Å². The number of nitrogens with one attached hydrogen (secondary N) is 1. The van der Waals surface area contributed by atoms with Gasteiger partial charge >= 0.3 is 5.97 Å². The van der Waals surface area contributed by atoms with E-state index in [0.29, 0.717) is 6.42 Å². The number of esters is 1. The van der Waals surface area contributed by atoms with Crippen LogP contribution in [0.5, 0.6) is 0 Å². The minimum Gasteiger partial charge on any atom is -0.465 e. The van der Waals surface area contributed by atoms with Gasteiger partial charge in [0.1, 0.15) is 0 Å². The summed E-state index contributed by atoms with van der Waals surface area (Å²) in [6.07, 6.45) is 10.4. The molecule has 1 amide bonds. The first-order valence-electron chi connectivity index (χ1n) is 9.83. The van der Waals surface area contributed by atoms with Crippen LogP contribution in [0, 0.1) is 0 Å². The summed E-state index contributed by atoms with van der Waals surface area (Å²) in [6.45, 7) is 1.87. The summed E-state index contributed by atoms with van der Waals surface area (Å²) < 4.78 is 36.7. The predicted octanol–water partition coefficient (Wildman–Crippen LogP) is 2.21. The number of hydrogen-bond donors (Lipinski definition) is 3. The molecule has 0 spiro atoms. The van der Waals surface area contributed by atoms with Crippen molar-refractivity contribution < 1.29 is 32.4 Å². The van der Waals surface area contributed by atoms with Gasteiger partial charge < -0.3 is 15.2 Å². The monoisotopic (exact) mass is 409 g/mol. The van der Waals surface area contributed by atoms with Crippen molar-refractivity contribution in [1.82, 2.24) is 5.32 Å². The van der Waals surface area contributed by atoms with Gasteiger partial charge in [-0.25, -0.2) is 0 Å². The van der Waals surface area contributed by atoms with Crippen molar-refractivity contribution in [3.05, 3.63) is 0 Å². The van der Waals surface area contributed by atoms with Gasteiger partial charge in [-0.05, 0) is 6.42 Å². The molecule has 1 unspecified atom stereocenters. The summed E-state index contributed by atoms with van der Waals surface area (Å²) in [6, 6.07) is 0. The van der Waals surface area contributed by atoms with Crippen LogP contribution in [0.25, 0.3) is 0 Å². The van der Waals surface area contributed by atoms with E-state index in [1.54, 1.807) is 0 Å². The number of hydrogen-bond acceptors (Lipinski definition) is 6. The van der Waals surface area contributed by atoms with Crippen LogP contribution in [-0.2, 0) is 24.4 Å². The van der Waals surface area contributed by atoms with Crippen molar-refractivity contribution in [2.75, 3.05) is 19.8 Å². The van der Waals surface area contributed by atoms with E-state index < -0.39 is 33.7 Å². The van der Waals surface area contributed by atoms with Gasteiger partial charge in [0.15, 0.2) is 5.25 Å². The van der Waals surface area contributed by atoms with Crippen LogP contribution in [-0.4, -0.2) is 55.0 Å². The molecule has 0 aromatic heterocycles. The summed E-state index contributed by atoms with van der Waals surface area (Å²) in [5.74, 6) is -1.89. The third-order valence-corrected chi connectivity index (χ3v) is 5.25. The fourth-order valence-corrected chi connectivity index (χ4v) is 3.27. The molecule has 3 N–H and O–H groups in total. The maximum Gasteiger partial charge on any atom is 0.327 e. The van der Waals surface area contributed by atoms with Gasteiger partial charge in [0.25, 0.3) is 10.1 Å². The van der Waals surface area contributed by atoms with Crippen LogP contribution in [0.15, 0.2) is 0 Å². The predicted molar refractivity (Wildman–Crippen MR) is 103 cm³/mol. The highest BCUT2D eigenvalue weighted by Crippen LogP contribution is 2.11. The molecule has 160 valence electrons. The Morgan fingerprint density at radius 1 is 0.963 bits per heavy atom. The third kappa shape index (κ3) is 14.5. The van der Waals surface area contributed by atoms with Gasteiger partial charge in [-0.3, -0.25) is 14.1 Å². The maximum absolute atomic E-state index is 11.9. The van der Waals surface area contributed by atoms with Gasteiger partial charge in [0.05, 0.1) is 19.6 Å². The topological polar surface area (TPSA) is 130 Å². The second-order valence-electron chi connectivity index (χ2n) is 6.63. The number of carbonyl (C=O) groups excluding carboxylic acids is 2. The minimum atomic E-state index is -4.75. The lowest BCUT2D eigenvalue weighted by atomic mass is 10.1. The number of unbranched alkanes of at least 4 members (excludes halogenated alkanes) is 9. The van der Waals surface area contributed by atoms with Crippen LogP contribution in [0.4, 0.5) is 0 Å².